The van der Waals surface area contributed by atoms with E-state index in [2.05, 4.69) is 29.6 Å². The Morgan fingerprint density at radius 2 is 1.48 bits per heavy atom. The van der Waals surface area contributed by atoms with Gasteiger partial charge < -0.3 is 24.3 Å². The van der Waals surface area contributed by atoms with Crippen LogP contribution < -0.4 is 24.3 Å². The average molecular weight is 428 g/mol. The summed E-state index contributed by atoms with van der Waals surface area (Å²) in [6.45, 7) is 14.3. The molecule has 0 radical (unpaired) electrons. The van der Waals surface area contributed by atoms with Crippen LogP contribution in [0.3, 0.4) is 0 Å². The zero-order valence-electron chi connectivity index (χ0n) is 19.8. The molecule has 0 saturated carbocycles. The first-order valence-electron chi connectivity index (χ1n) is 11.5. The maximum atomic E-state index is 6.12. The highest BCUT2D eigenvalue weighted by molar-refractivity contribution is 5.50. The fourth-order valence-corrected chi connectivity index (χ4v) is 3.98. The molecular formula is C26H37NO4. The molecule has 1 aliphatic heterocycles. The van der Waals surface area contributed by atoms with E-state index in [-0.39, 0.29) is 18.2 Å². The second kappa shape index (κ2) is 10.8. The van der Waals surface area contributed by atoms with Gasteiger partial charge in [-0.1, -0.05) is 6.07 Å². The van der Waals surface area contributed by atoms with Crippen molar-refractivity contribution >= 4 is 0 Å². The highest BCUT2D eigenvalue weighted by Gasteiger charge is 2.24. The van der Waals surface area contributed by atoms with Gasteiger partial charge in [0.1, 0.15) is 0 Å². The molecule has 0 saturated heterocycles. The van der Waals surface area contributed by atoms with Crippen molar-refractivity contribution in [2.75, 3.05) is 19.8 Å². The summed E-state index contributed by atoms with van der Waals surface area (Å²) in [5.41, 5.74) is 3.82. The second-order valence-electron chi connectivity index (χ2n) is 8.44. The third-order valence-corrected chi connectivity index (χ3v) is 5.14. The van der Waals surface area contributed by atoms with Crippen LogP contribution in [0.15, 0.2) is 30.3 Å². The number of nitrogens with one attached hydrogen (secondary N) is 1. The molecular weight excluding hydrogens is 390 g/mol. The van der Waals surface area contributed by atoms with E-state index in [0.29, 0.717) is 13.2 Å². The SMILES string of the molecule is CCOc1ccc(CC2NCCc3cc(OC(C)C)c(OC(C)C)cc32)cc1OCC. The van der Waals surface area contributed by atoms with Crippen LogP contribution in [0, 0.1) is 0 Å². The molecule has 0 aliphatic carbocycles. The standard InChI is InChI=1S/C26H37NO4/c1-7-28-23-10-9-19(14-24(23)29-8-2)13-22-21-16-26(31-18(5)6)25(30-17(3)4)15-20(21)11-12-27-22/h9-10,14-18,22,27H,7-8,11-13H2,1-6H3. The minimum absolute atomic E-state index is 0.0856. The lowest BCUT2D eigenvalue weighted by Gasteiger charge is -2.29. The summed E-state index contributed by atoms with van der Waals surface area (Å²) in [7, 11) is 0. The number of ether oxygens (including phenoxy) is 4. The molecule has 1 heterocycles. The van der Waals surface area contributed by atoms with Gasteiger partial charge >= 0.3 is 0 Å². The molecule has 2 aromatic carbocycles. The molecule has 0 aromatic heterocycles. The van der Waals surface area contributed by atoms with E-state index in [1.807, 2.05) is 47.6 Å². The van der Waals surface area contributed by atoms with Gasteiger partial charge in [0.2, 0.25) is 0 Å². The normalized spacial score (nSPS) is 15.7. The van der Waals surface area contributed by atoms with Crippen LogP contribution in [0.2, 0.25) is 0 Å². The van der Waals surface area contributed by atoms with Gasteiger partial charge in [0, 0.05) is 6.04 Å². The molecule has 0 amide bonds. The Bertz CT molecular complexity index is 863. The fraction of sp³-hybridized carbons (Fsp3) is 0.538. The Labute approximate surface area is 187 Å². The highest BCUT2D eigenvalue weighted by atomic mass is 16.5. The van der Waals surface area contributed by atoms with Gasteiger partial charge in [-0.15, -0.1) is 0 Å². The zero-order valence-corrected chi connectivity index (χ0v) is 19.8. The van der Waals surface area contributed by atoms with E-state index in [1.165, 1.54) is 16.7 Å². The van der Waals surface area contributed by atoms with E-state index in [0.717, 1.165) is 42.4 Å². The van der Waals surface area contributed by atoms with Crippen LogP contribution in [0.5, 0.6) is 23.0 Å². The predicted octanol–water partition coefficient (Wildman–Crippen LogP) is 5.49. The molecule has 2 aromatic rings. The molecule has 0 bridgehead atoms. The predicted molar refractivity (Wildman–Crippen MR) is 125 cm³/mol. The topological polar surface area (TPSA) is 49.0 Å². The lowest BCUT2D eigenvalue weighted by atomic mass is 9.89. The number of hydrogen-bond donors (Lipinski definition) is 1. The Balaban J connectivity index is 1.90. The van der Waals surface area contributed by atoms with Gasteiger partial charge in [-0.3, -0.25) is 0 Å². The van der Waals surface area contributed by atoms with E-state index in [1.54, 1.807) is 0 Å². The Morgan fingerprint density at radius 1 is 0.839 bits per heavy atom. The monoisotopic (exact) mass is 427 g/mol. The summed E-state index contributed by atoms with van der Waals surface area (Å²) < 4.78 is 23.7. The van der Waals surface area contributed by atoms with Gasteiger partial charge in [0.25, 0.3) is 0 Å². The number of benzene rings is 2. The molecule has 0 spiro atoms. The minimum atomic E-state index is 0.0856. The number of rotatable bonds is 10. The molecule has 1 N–H and O–H groups in total. The minimum Gasteiger partial charge on any atom is -0.490 e. The van der Waals surface area contributed by atoms with E-state index >= 15 is 0 Å². The zero-order chi connectivity index (χ0) is 22.4. The smallest absolute Gasteiger partial charge is 0.161 e. The van der Waals surface area contributed by atoms with Crippen LogP contribution in [-0.4, -0.2) is 32.0 Å². The summed E-state index contributed by atoms with van der Waals surface area (Å²) in [6.07, 6.45) is 2.04. The highest BCUT2D eigenvalue weighted by Crippen LogP contribution is 2.38. The van der Waals surface area contributed by atoms with Crippen LogP contribution in [0.1, 0.15) is 64.3 Å². The average Bonchev–Trinajstić information content (AvgIpc) is 2.70. The quantitative estimate of drug-likeness (QED) is 0.543. The lowest BCUT2D eigenvalue weighted by Crippen LogP contribution is -2.31. The Hall–Kier alpha value is -2.40. The first kappa shape index (κ1) is 23.3. The van der Waals surface area contributed by atoms with Crippen molar-refractivity contribution in [1.82, 2.24) is 5.32 Å². The van der Waals surface area contributed by atoms with Crippen molar-refractivity contribution in [3.8, 4) is 23.0 Å². The van der Waals surface area contributed by atoms with Crippen LogP contribution >= 0.6 is 0 Å². The van der Waals surface area contributed by atoms with Crippen LogP contribution in [0.25, 0.3) is 0 Å². The van der Waals surface area contributed by atoms with Gasteiger partial charge in [-0.2, -0.15) is 0 Å². The van der Waals surface area contributed by atoms with Gasteiger partial charge in [-0.05, 0) is 102 Å². The fourth-order valence-electron chi connectivity index (χ4n) is 3.98. The molecule has 3 rings (SSSR count). The summed E-state index contributed by atoms with van der Waals surface area (Å²) in [4.78, 5) is 0. The van der Waals surface area contributed by atoms with Crippen molar-refractivity contribution < 1.29 is 18.9 Å². The first-order valence-corrected chi connectivity index (χ1v) is 11.5. The van der Waals surface area contributed by atoms with Gasteiger partial charge in [0.15, 0.2) is 23.0 Å². The van der Waals surface area contributed by atoms with E-state index in [9.17, 15) is 0 Å². The Morgan fingerprint density at radius 3 is 2.13 bits per heavy atom. The molecule has 5 heteroatoms. The summed E-state index contributed by atoms with van der Waals surface area (Å²) >= 11 is 0. The lowest BCUT2D eigenvalue weighted by molar-refractivity contribution is 0.198. The summed E-state index contributed by atoms with van der Waals surface area (Å²) in [5, 5.41) is 3.69. The Kier molecular flexibility index (Phi) is 8.08. The maximum absolute atomic E-state index is 6.12. The van der Waals surface area contributed by atoms with Crippen molar-refractivity contribution in [1.29, 1.82) is 0 Å². The van der Waals surface area contributed by atoms with Crippen molar-refractivity contribution in [2.24, 2.45) is 0 Å². The van der Waals surface area contributed by atoms with Crippen molar-refractivity contribution in [2.45, 2.75) is 72.6 Å². The molecule has 31 heavy (non-hydrogen) atoms. The van der Waals surface area contributed by atoms with E-state index < -0.39 is 0 Å². The van der Waals surface area contributed by atoms with Crippen molar-refractivity contribution in [3.05, 3.63) is 47.0 Å². The maximum Gasteiger partial charge on any atom is 0.161 e. The third kappa shape index (κ3) is 6.07. The molecule has 1 aliphatic rings. The first-order chi connectivity index (χ1) is 14.9. The van der Waals surface area contributed by atoms with Crippen LogP contribution in [0.4, 0.5) is 0 Å². The van der Waals surface area contributed by atoms with E-state index in [4.69, 9.17) is 18.9 Å². The summed E-state index contributed by atoms with van der Waals surface area (Å²) in [6, 6.07) is 10.8. The molecule has 170 valence electrons. The van der Waals surface area contributed by atoms with Gasteiger partial charge in [-0.25, -0.2) is 0 Å². The largest absolute Gasteiger partial charge is 0.490 e. The molecule has 5 nitrogen and oxygen atoms in total. The van der Waals surface area contributed by atoms with Crippen molar-refractivity contribution in [3.63, 3.8) is 0 Å². The number of fused-ring (bicyclic) bond motifs is 1. The second-order valence-corrected chi connectivity index (χ2v) is 8.44. The number of hydrogen-bond acceptors (Lipinski definition) is 5. The van der Waals surface area contributed by atoms with Gasteiger partial charge in [0.05, 0.1) is 25.4 Å². The van der Waals surface area contributed by atoms with Crippen LogP contribution in [-0.2, 0) is 12.8 Å². The third-order valence-electron chi connectivity index (χ3n) is 5.14. The summed E-state index contributed by atoms with van der Waals surface area (Å²) in [5.74, 6) is 3.26. The molecule has 1 unspecified atom stereocenters. The molecule has 0 fully saturated rings. The molecule has 1 atom stereocenters.